The van der Waals surface area contributed by atoms with Crippen LogP contribution in [0.25, 0.3) is 11.1 Å². The molecule has 8 nitrogen and oxygen atoms in total. The van der Waals surface area contributed by atoms with Crippen LogP contribution in [-0.4, -0.2) is 21.1 Å². The quantitative estimate of drug-likeness (QED) is 0.323. The lowest BCUT2D eigenvalue weighted by Gasteiger charge is -2.16. The summed E-state index contributed by atoms with van der Waals surface area (Å²) >= 11 is 0. The Labute approximate surface area is 137 Å². The molecular formula is C16H16N4O4. The molecule has 24 heavy (non-hydrogen) atoms. The van der Waals surface area contributed by atoms with Crippen LogP contribution >= 0.6 is 0 Å². The van der Waals surface area contributed by atoms with Crippen LogP contribution in [0.5, 0.6) is 0 Å². The Morgan fingerprint density at radius 1 is 1.46 bits per heavy atom. The maximum absolute atomic E-state index is 10.9. The first-order chi connectivity index (χ1) is 11.4. The normalized spacial score (nSPS) is 11.5. The highest BCUT2D eigenvalue weighted by atomic mass is 16.6. The number of rotatable bonds is 6. The van der Waals surface area contributed by atoms with Crippen molar-refractivity contribution in [2.45, 2.75) is 12.5 Å². The molecule has 1 amide bonds. The molecule has 1 unspecified atom stereocenters. The molecular weight excluding hydrogens is 312 g/mol. The van der Waals surface area contributed by atoms with E-state index in [0.717, 1.165) is 0 Å². The van der Waals surface area contributed by atoms with Crippen LogP contribution in [-0.2, 0) is 0 Å². The second-order valence-corrected chi connectivity index (χ2v) is 5.02. The van der Waals surface area contributed by atoms with Crippen molar-refractivity contribution in [1.29, 1.82) is 0 Å². The fraction of sp³-hybridized carbons (Fsp3) is 0.125. The van der Waals surface area contributed by atoms with E-state index in [-0.39, 0.29) is 11.4 Å². The third kappa shape index (κ3) is 3.86. The summed E-state index contributed by atoms with van der Waals surface area (Å²) in [6.45, 7) is 3.61. The molecule has 1 aromatic carbocycles. The third-order valence-corrected chi connectivity index (χ3v) is 3.40. The molecule has 0 radical (unpaired) electrons. The molecule has 124 valence electrons. The van der Waals surface area contributed by atoms with Gasteiger partial charge in [0.1, 0.15) is 0 Å². The SMILES string of the molecule is C=CCC(NC(=O)O)c1cc(-c2ccc([N+](=O)[O-])cc2N)ccn1. The van der Waals surface area contributed by atoms with Gasteiger partial charge in [-0.3, -0.25) is 15.1 Å². The Balaban J connectivity index is 2.41. The maximum atomic E-state index is 10.9. The number of carboxylic acid groups (broad SMARTS) is 1. The molecule has 1 atom stereocenters. The molecule has 0 saturated heterocycles. The van der Waals surface area contributed by atoms with Gasteiger partial charge < -0.3 is 16.2 Å². The lowest BCUT2D eigenvalue weighted by molar-refractivity contribution is -0.384. The van der Waals surface area contributed by atoms with Crippen LogP contribution in [0.4, 0.5) is 16.2 Å². The minimum atomic E-state index is -1.16. The number of nitrogens with two attached hydrogens (primary N) is 1. The van der Waals surface area contributed by atoms with Crippen LogP contribution in [0.15, 0.2) is 49.2 Å². The molecule has 8 heteroatoms. The van der Waals surface area contributed by atoms with Gasteiger partial charge in [-0.2, -0.15) is 0 Å². The zero-order valence-corrected chi connectivity index (χ0v) is 12.7. The largest absolute Gasteiger partial charge is 0.465 e. The Morgan fingerprint density at radius 3 is 2.79 bits per heavy atom. The van der Waals surface area contributed by atoms with E-state index in [0.29, 0.717) is 23.2 Å². The minimum Gasteiger partial charge on any atom is -0.465 e. The third-order valence-electron chi connectivity index (χ3n) is 3.40. The fourth-order valence-electron chi connectivity index (χ4n) is 2.30. The summed E-state index contributed by atoms with van der Waals surface area (Å²) in [4.78, 5) is 25.4. The highest BCUT2D eigenvalue weighted by Crippen LogP contribution is 2.30. The average molecular weight is 328 g/mol. The molecule has 0 spiro atoms. The van der Waals surface area contributed by atoms with Crippen molar-refractivity contribution in [3.05, 3.63) is 65.0 Å². The molecule has 0 fully saturated rings. The summed E-state index contributed by atoms with van der Waals surface area (Å²) in [5, 5.41) is 22.1. The molecule has 4 N–H and O–H groups in total. The summed E-state index contributed by atoms with van der Waals surface area (Å²) in [7, 11) is 0. The first-order valence-electron chi connectivity index (χ1n) is 7.03. The van der Waals surface area contributed by atoms with Crippen LogP contribution in [0.3, 0.4) is 0 Å². The predicted molar refractivity (Wildman–Crippen MR) is 89.5 cm³/mol. The number of benzene rings is 1. The van der Waals surface area contributed by atoms with Gasteiger partial charge in [-0.25, -0.2) is 4.79 Å². The number of nitrogen functional groups attached to an aromatic ring is 1. The Bertz CT molecular complexity index is 791. The van der Waals surface area contributed by atoms with Gasteiger partial charge in [-0.1, -0.05) is 6.08 Å². The topological polar surface area (TPSA) is 131 Å². The zero-order valence-electron chi connectivity index (χ0n) is 12.7. The molecule has 2 aromatic rings. The van der Waals surface area contributed by atoms with Gasteiger partial charge >= 0.3 is 6.09 Å². The summed E-state index contributed by atoms with van der Waals surface area (Å²) in [5.41, 5.74) is 7.87. The molecule has 1 aromatic heterocycles. The number of nitrogens with zero attached hydrogens (tertiary/aromatic N) is 2. The first kappa shape index (κ1) is 16.9. The standard InChI is InChI=1S/C16H16N4O4/c1-2-3-14(19-16(21)22)15-8-10(6-7-18-15)12-5-4-11(20(23)24)9-13(12)17/h2,4-9,14,19H,1,3,17H2,(H,21,22). The lowest BCUT2D eigenvalue weighted by Crippen LogP contribution is -2.27. The Morgan fingerprint density at radius 2 is 2.21 bits per heavy atom. The van der Waals surface area contributed by atoms with E-state index >= 15 is 0 Å². The molecule has 0 aliphatic carbocycles. The summed E-state index contributed by atoms with van der Waals surface area (Å²) in [6.07, 6.45) is 2.34. The molecule has 0 aliphatic rings. The van der Waals surface area contributed by atoms with Crippen molar-refractivity contribution < 1.29 is 14.8 Å². The van der Waals surface area contributed by atoms with E-state index < -0.39 is 17.1 Å². The van der Waals surface area contributed by atoms with E-state index in [1.165, 1.54) is 18.3 Å². The van der Waals surface area contributed by atoms with Crippen molar-refractivity contribution in [3.63, 3.8) is 0 Å². The number of nitrogens with one attached hydrogen (secondary N) is 1. The zero-order chi connectivity index (χ0) is 17.7. The second-order valence-electron chi connectivity index (χ2n) is 5.02. The van der Waals surface area contributed by atoms with Gasteiger partial charge in [0.15, 0.2) is 0 Å². The fourth-order valence-corrected chi connectivity index (χ4v) is 2.30. The number of nitro groups is 1. The number of amides is 1. The van der Waals surface area contributed by atoms with Crippen molar-refractivity contribution in [1.82, 2.24) is 10.3 Å². The highest BCUT2D eigenvalue weighted by Gasteiger charge is 2.16. The van der Waals surface area contributed by atoms with Crippen molar-refractivity contribution in [3.8, 4) is 11.1 Å². The molecule has 0 bridgehead atoms. The van der Waals surface area contributed by atoms with Gasteiger partial charge in [0.2, 0.25) is 0 Å². The summed E-state index contributed by atoms with van der Waals surface area (Å²) in [5.74, 6) is 0. The number of nitro benzene ring substituents is 1. The smallest absolute Gasteiger partial charge is 0.405 e. The van der Waals surface area contributed by atoms with E-state index in [4.69, 9.17) is 10.8 Å². The molecule has 0 aliphatic heterocycles. The average Bonchev–Trinajstić information content (AvgIpc) is 2.54. The number of anilines is 1. The van der Waals surface area contributed by atoms with E-state index in [2.05, 4.69) is 16.9 Å². The summed E-state index contributed by atoms with van der Waals surface area (Å²) < 4.78 is 0. The Hall–Kier alpha value is -3.42. The van der Waals surface area contributed by atoms with Gasteiger partial charge in [0.05, 0.1) is 16.7 Å². The number of hydrogen-bond acceptors (Lipinski definition) is 5. The van der Waals surface area contributed by atoms with Gasteiger partial charge in [-0.15, -0.1) is 6.58 Å². The molecule has 1 heterocycles. The van der Waals surface area contributed by atoms with Crippen LogP contribution in [0.1, 0.15) is 18.2 Å². The van der Waals surface area contributed by atoms with Crippen LogP contribution in [0, 0.1) is 10.1 Å². The first-order valence-corrected chi connectivity index (χ1v) is 7.03. The number of non-ortho nitro benzene ring substituents is 1. The highest BCUT2D eigenvalue weighted by molar-refractivity contribution is 5.78. The number of carbonyl (C=O) groups is 1. The van der Waals surface area contributed by atoms with E-state index in [9.17, 15) is 14.9 Å². The van der Waals surface area contributed by atoms with Gasteiger partial charge in [0.25, 0.3) is 5.69 Å². The molecule has 2 rings (SSSR count). The second kappa shape index (κ2) is 7.23. The van der Waals surface area contributed by atoms with Crippen LogP contribution < -0.4 is 11.1 Å². The maximum Gasteiger partial charge on any atom is 0.405 e. The van der Waals surface area contributed by atoms with E-state index in [1.807, 2.05) is 0 Å². The molecule has 0 saturated carbocycles. The van der Waals surface area contributed by atoms with Crippen molar-refractivity contribution >= 4 is 17.5 Å². The lowest BCUT2D eigenvalue weighted by atomic mass is 10.0. The minimum absolute atomic E-state index is 0.0948. The van der Waals surface area contributed by atoms with Gasteiger partial charge in [0, 0.05) is 29.6 Å². The van der Waals surface area contributed by atoms with Crippen LogP contribution in [0.2, 0.25) is 0 Å². The van der Waals surface area contributed by atoms with Gasteiger partial charge in [-0.05, 0) is 30.2 Å². The summed E-state index contributed by atoms with van der Waals surface area (Å²) in [6, 6.07) is 7.06. The number of pyridine rings is 1. The Kier molecular flexibility index (Phi) is 5.10. The predicted octanol–water partition coefficient (Wildman–Crippen LogP) is 3.12. The van der Waals surface area contributed by atoms with Crippen molar-refractivity contribution in [2.24, 2.45) is 0 Å². The number of hydrogen-bond donors (Lipinski definition) is 3. The monoisotopic (exact) mass is 328 g/mol. The van der Waals surface area contributed by atoms with E-state index in [1.54, 1.807) is 24.3 Å². The number of aromatic nitrogens is 1. The van der Waals surface area contributed by atoms with Crippen molar-refractivity contribution in [2.75, 3.05) is 5.73 Å².